The van der Waals surface area contributed by atoms with Crippen LogP contribution in [0.15, 0.2) is 53.6 Å². The summed E-state index contributed by atoms with van der Waals surface area (Å²) >= 11 is 6.07. The Morgan fingerprint density at radius 1 is 1.23 bits per heavy atom. The van der Waals surface area contributed by atoms with Gasteiger partial charge in [-0.15, -0.1) is 0 Å². The van der Waals surface area contributed by atoms with Crippen molar-refractivity contribution in [2.24, 2.45) is 0 Å². The van der Waals surface area contributed by atoms with Gasteiger partial charge in [-0.25, -0.2) is 4.98 Å². The highest BCUT2D eigenvalue weighted by molar-refractivity contribution is 6.33. The first kappa shape index (κ1) is 14.1. The Labute approximate surface area is 132 Å². The molecule has 3 heterocycles. The number of aromatic nitrogens is 2. The van der Waals surface area contributed by atoms with Crippen LogP contribution in [0.1, 0.15) is 11.1 Å². The van der Waals surface area contributed by atoms with Gasteiger partial charge in [0, 0.05) is 24.5 Å². The Balaban J connectivity index is 1.68. The topological polar surface area (TPSA) is 74.7 Å². The Hall–Kier alpha value is -2.84. The third-order valence-corrected chi connectivity index (χ3v) is 3.36. The van der Waals surface area contributed by atoms with Crippen molar-refractivity contribution in [1.29, 1.82) is 5.26 Å². The molecule has 6 heteroatoms. The molecule has 3 aromatic heterocycles. The number of hydrogen-bond acceptors (Lipinski definition) is 5. The van der Waals surface area contributed by atoms with Crippen LogP contribution in [0.2, 0.25) is 5.02 Å². The molecule has 5 nitrogen and oxygen atoms in total. The maximum Gasteiger partial charge on any atom is 0.145 e. The maximum absolute atomic E-state index is 8.78. The van der Waals surface area contributed by atoms with Crippen molar-refractivity contribution >= 4 is 17.4 Å². The molecule has 1 N–H and O–H groups in total. The molecule has 0 spiro atoms. The highest BCUT2D eigenvalue weighted by Gasteiger charge is 2.04. The van der Waals surface area contributed by atoms with E-state index in [2.05, 4.69) is 15.3 Å². The molecule has 22 heavy (non-hydrogen) atoms. The molecule has 0 aliphatic heterocycles. The second kappa shape index (κ2) is 6.29. The third-order valence-electron chi connectivity index (χ3n) is 3.07. The fraction of sp³-hybridized carbons (Fsp3) is 0.0625. The van der Waals surface area contributed by atoms with Gasteiger partial charge in [-0.2, -0.15) is 5.26 Å². The zero-order valence-corrected chi connectivity index (χ0v) is 12.2. The fourth-order valence-electron chi connectivity index (χ4n) is 1.92. The van der Waals surface area contributed by atoms with Crippen LogP contribution < -0.4 is 5.32 Å². The van der Waals surface area contributed by atoms with E-state index in [1.54, 1.807) is 24.8 Å². The lowest BCUT2D eigenvalue weighted by Crippen LogP contribution is -2.02. The van der Waals surface area contributed by atoms with Crippen LogP contribution in [0.4, 0.5) is 5.82 Å². The molecule has 0 aliphatic carbocycles. The predicted octanol–water partition coefficient (Wildman–Crippen LogP) is 3.87. The predicted molar refractivity (Wildman–Crippen MR) is 83.2 cm³/mol. The summed E-state index contributed by atoms with van der Waals surface area (Å²) in [6.07, 6.45) is 6.53. The molecular formula is C16H11ClN4O. The van der Waals surface area contributed by atoms with E-state index in [1.165, 1.54) is 6.20 Å². The van der Waals surface area contributed by atoms with Crippen LogP contribution in [0.25, 0.3) is 11.3 Å². The smallest absolute Gasteiger partial charge is 0.145 e. The Kier molecular flexibility index (Phi) is 4.03. The van der Waals surface area contributed by atoms with Gasteiger partial charge in [-0.1, -0.05) is 17.7 Å². The van der Waals surface area contributed by atoms with Gasteiger partial charge in [-0.05, 0) is 23.8 Å². The first-order valence-electron chi connectivity index (χ1n) is 6.53. The molecule has 0 saturated carbocycles. The second-order valence-electron chi connectivity index (χ2n) is 4.58. The van der Waals surface area contributed by atoms with Crippen LogP contribution in [-0.2, 0) is 6.54 Å². The average molecular weight is 311 g/mol. The standard InChI is InChI=1S/C16H11ClN4O/c17-14-5-12(6-18)9-21-16(14)20-8-11-1-2-15(19-7-11)13-3-4-22-10-13/h1-5,7,9-10H,8H2,(H,20,21). The monoisotopic (exact) mass is 310 g/mol. The van der Waals surface area contributed by atoms with E-state index in [-0.39, 0.29) is 0 Å². The van der Waals surface area contributed by atoms with Crippen molar-refractivity contribution in [1.82, 2.24) is 9.97 Å². The van der Waals surface area contributed by atoms with E-state index < -0.39 is 0 Å². The summed E-state index contributed by atoms with van der Waals surface area (Å²) < 4.78 is 5.04. The molecule has 0 radical (unpaired) electrons. The molecule has 3 rings (SSSR count). The number of nitrogens with zero attached hydrogens (tertiary/aromatic N) is 3. The van der Waals surface area contributed by atoms with Crippen LogP contribution in [0.5, 0.6) is 0 Å². The summed E-state index contributed by atoms with van der Waals surface area (Å²) in [6.45, 7) is 0.539. The van der Waals surface area contributed by atoms with Gasteiger partial charge >= 0.3 is 0 Å². The number of rotatable bonds is 4. The molecule has 0 atom stereocenters. The third kappa shape index (κ3) is 3.08. The Morgan fingerprint density at radius 2 is 2.14 bits per heavy atom. The number of halogens is 1. The summed E-state index contributed by atoms with van der Waals surface area (Å²) in [5, 5.41) is 12.3. The molecule has 3 aromatic rings. The first-order valence-corrected chi connectivity index (χ1v) is 6.91. The minimum atomic E-state index is 0.419. The SMILES string of the molecule is N#Cc1cnc(NCc2ccc(-c3ccoc3)nc2)c(Cl)c1. The molecule has 0 amide bonds. The normalized spacial score (nSPS) is 10.2. The van der Waals surface area contributed by atoms with Gasteiger partial charge in [0.25, 0.3) is 0 Å². The highest BCUT2D eigenvalue weighted by Crippen LogP contribution is 2.21. The molecule has 0 aromatic carbocycles. The molecule has 0 unspecified atom stereocenters. The lowest BCUT2D eigenvalue weighted by atomic mass is 10.2. The molecular weight excluding hydrogens is 300 g/mol. The van der Waals surface area contributed by atoms with Crippen molar-refractivity contribution in [3.63, 3.8) is 0 Å². The summed E-state index contributed by atoms with van der Waals surface area (Å²) in [7, 11) is 0. The summed E-state index contributed by atoms with van der Waals surface area (Å²) in [6, 6.07) is 9.34. The van der Waals surface area contributed by atoms with Gasteiger partial charge in [-0.3, -0.25) is 4.98 Å². The average Bonchev–Trinajstić information content (AvgIpc) is 3.08. The maximum atomic E-state index is 8.78. The van der Waals surface area contributed by atoms with Crippen molar-refractivity contribution in [3.8, 4) is 17.3 Å². The van der Waals surface area contributed by atoms with Crippen molar-refractivity contribution in [2.75, 3.05) is 5.32 Å². The molecule has 0 fully saturated rings. The van der Waals surface area contributed by atoms with E-state index in [9.17, 15) is 0 Å². The van der Waals surface area contributed by atoms with Crippen LogP contribution in [0.3, 0.4) is 0 Å². The molecule has 108 valence electrons. The number of furan rings is 1. The summed E-state index contributed by atoms with van der Waals surface area (Å²) in [5.74, 6) is 0.541. The Morgan fingerprint density at radius 3 is 2.77 bits per heavy atom. The minimum Gasteiger partial charge on any atom is -0.472 e. The Bertz CT molecular complexity index is 807. The van der Waals surface area contributed by atoms with Crippen LogP contribution in [-0.4, -0.2) is 9.97 Å². The number of pyridine rings is 2. The van der Waals surface area contributed by atoms with E-state index in [0.717, 1.165) is 16.8 Å². The van der Waals surface area contributed by atoms with E-state index in [0.29, 0.717) is 22.9 Å². The molecule has 0 saturated heterocycles. The lowest BCUT2D eigenvalue weighted by Gasteiger charge is -2.07. The van der Waals surface area contributed by atoms with Gasteiger partial charge in [0.05, 0.1) is 28.8 Å². The zero-order chi connectivity index (χ0) is 15.4. The van der Waals surface area contributed by atoms with Gasteiger partial charge < -0.3 is 9.73 Å². The van der Waals surface area contributed by atoms with E-state index in [4.69, 9.17) is 21.3 Å². The van der Waals surface area contributed by atoms with Gasteiger partial charge in [0.15, 0.2) is 0 Å². The fourth-order valence-corrected chi connectivity index (χ4v) is 2.16. The van der Waals surface area contributed by atoms with Gasteiger partial charge in [0.2, 0.25) is 0 Å². The number of anilines is 1. The van der Waals surface area contributed by atoms with Gasteiger partial charge in [0.1, 0.15) is 11.9 Å². The number of nitrogens with one attached hydrogen (secondary N) is 1. The van der Waals surface area contributed by atoms with Crippen LogP contribution in [0, 0.1) is 11.3 Å². The lowest BCUT2D eigenvalue weighted by molar-refractivity contribution is 0.568. The highest BCUT2D eigenvalue weighted by atomic mass is 35.5. The second-order valence-corrected chi connectivity index (χ2v) is 4.99. The number of hydrogen-bond donors (Lipinski definition) is 1. The number of nitriles is 1. The van der Waals surface area contributed by atoms with E-state index in [1.807, 2.05) is 24.3 Å². The van der Waals surface area contributed by atoms with E-state index >= 15 is 0 Å². The first-order chi connectivity index (χ1) is 10.8. The molecule has 0 aliphatic rings. The van der Waals surface area contributed by atoms with Crippen molar-refractivity contribution in [3.05, 3.63) is 65.3 Å². The summed E-state index contributed by atoms with van der Waals surface area (Å²) in [5.41, 5.74) is 3.22. The van der Waals surface area contributed by atoms with Crippen LogP contribution >= 0.6 is 11.6 Å². The summed E-state index contributed by atoms with van der Waals surface area (Å²) in [4.78, 5) is 8.51. The zero-order valence-electron chi connectivity index (χ0n) is 11.5. The van der Waals surface area contributed by atoms with Crippen molar-refractivity contribution < 1.29 is 4.42 Å². The molecule has 0 bridgehead atoms. The van der Waals surface area contributed by atoms with Crippen molar-refractivity contribution in [2.45, 2.75) is 6.54 Å². The minimum absolute atomic E-state index is 0.419. The quantitative estimate of drug-likeness (QED) is 0.791. The largest absolute Gasteiger partial charge is 0.472 e.